The highest BCUT2D eigenvalue weighted by Gasteiger charge is 2.16. The van der Waals surface area contributed by atoms with Crippen molar-refractivity contribution in [2.75, 3.05) is 5.32 Å². The van der Waals surface area contributed by atoms with Crippen LogP contribution in [0.3, 0.4) is 0 Å². The van der Waals surface area contributed by atoms with Gasteiger partial charge < -0.3 is 11.1 Å². The monoisotopic (exact) mass is 311 g/mol. The molecule has 2 aromatic rings. The van der Waals surface area contributed by atoms with Gasteiger partial charge in [0.05, 0.1) is 0 Å². The van der Waals surface area contributed by atoms with Gasteiger partial charge in [0.15, 0.2) is 11.6 Å². The van der Waals surface area contributed by atoms with Gasteiger partial charge in [-0.05, 0) is 12.1 Å². The van der Waals surface area contributed by atoms with Gasteiger partial charge in [-0.2, -0.15) is 0 Å². The average Bonchev–Trinajstić information content (AvgIpc) is 2.42. The normalized spacial score (nSPS) is 10.2. The fourth-order valence-corrected chi connectivity index (χ4v) is 1.63. The lowest BCUT2D eigenvalue weighted by molar-refractivity contribution is 0.102. The van der Waals surface area contributed by atoms with Crippen LogP contribution >= 0.6 is 12.2 Å². The van der Waals surface area contributed by atoms with E-state index < -0.39 is 29.0 Å². The van der Waals surface area contributed by atoms with Crippen LogP contribution in [0.25, 0.3) is 0 Å². The van der Waals surface area contributed by atoms with E-state index in [1.807, 2.05) is 5.32 Å². The predicted molar refractivity (Wildman–Crippen MR) is 74.4 cm³/mol. The second kappa shape index (κ2) is 5.88. The summed E-state index contributed by atoms with van der Waals surface area (Å²) in [5.41, 5.74) is 4.97. The largest absolute Gasteiger partial charge is 0.389 e. The third-order valence-electron chi connectivity index (χ3n) is 2.53. The molecule has 21 heavy (non-hydrogen) atoms. The molecule has 2 rings (SSSR count). The van der Waals surface area contributed by atoms with Crippen LogP contribution in [-0.2, 0) is 0 Å². The Balaban J connectivity index is 2.24. The van der Waals surface area contributed by atoms with Crippen molar-refractivity contribution in [1.29, 1.82) is 0 Å². The maximum Gasteiger partial charge on any atom is 0.274 e. The lowest BCUT2D eigenvalue weighted by Gasteiger charge is -2.07. The van der Waals surface area contributed by atoms with Gasteiger partial charge in [-0.3, -0.25) is 9.78 Å². The third kappa shape index (κ3) is 3.34. The molecule has 0 fully saturated rings. The number of nitrogens with one attached hydrogen (secondary N) is 1. The number of nitrogens with two attached hydrogens (primary N) is 1. The van der Waals surface area contributed by atoms with Gasteiger partial charge >= 0.3 is 0 Å². The molecule has 0 aliphatic carbocycles. The van der Waals surface area contributed by atoms with Crippen LogP contribution in [0, 0.1) is 17.5 Å². The number of nitrogens with zero attached hydrogens (tertiary/aromatic N) is 1. The first-order chi connectivity index (χ1) is 9.88. The summed E-state index contributed by atoms with van der Waals surface area (Å²) in [5.74, 6) is -4.38. The Morgan fingerprint density at radius 2 is 1.81 bits per heavy atom. The van der Waals surface area contributed by atoms with Gasteiger partial charge in [-0.1, -0.05) is 12.2 Å². The van der Waals surface area contributed by atoms with Gasteiger partial charge in [0.25, 0.3) is 5.91 Å². The molecule has 0 atom stereocenters. The average molecular weight is 311 g/mol. The molecule has 0 saturated heterocycles. The molecule has 0 saturated carbocycles. The second-order valence-electron chi connectivity index (χ2n) is 3.99. The molecule has 0 spiro atoms. The predicted octanol–water partition coefficient (Wildman–Crippen LogP) is 2.39. The zero-order valence-electron chi connectivity index (χ0n) is 10.4. The lowest BCUT2D eigenvalue weighted by Crippen LogP contribution is -2.17. The van der Waals surface area contributed by atoms with E-state index >= 15 is 0 Å². The topological polar surface area (TPSA) is 68.0 Å². The number of carbonyl (C=O) groups excluding carboxylic acids is 1. The van der Waals surface area contributed by atoms with E-state index in [1.165, 1.54) is 18.3 Å². The van der Waals surface area contributed by atoms with Crippen molar-refractivity contribution >= 4 is 28.8 Å². The van der Waals surface area contributed by atoms with Crippen molar-refractivity contribution in [3.05, 3.63) is 59.2 Å². The Hall–Kier alpha value is -2.48. The highest BCUT2D eigenvalue weighted by molar-refractivity contribution is 7.80. The summed E-state index contributed by atoms with van der Waals surface area (Å²) in [6.45, 7) is 0. The van der Waals surface area contributed by atoms with Crippen LogP contribution in [0.15, 0.2) is 30.5 Å². The zero-order chi connectivity index (χ0) is 15.6. The first kappa shape index (κ1) is 14.9. The SMILES string of the molecule is NC(=S)c1ccc(C(=O)Nc2c(F)cc(F)cc2F)nc1. The molecule has 8 heteroatoms. The Morgan fingerprint density at radius 1 is 1.19 bits per heavy atom. The van der Waals surface area contributed by atoms with Crippen LogP contribution in [0.4, 0.5) is 18.9 Å². The van der Waals surface area contributed by atoms with E-state index in [1.54, 1.807) is 0 Å². The molecule has 1 aromatic heterocycles. The number of hydrogen-bond acceptors (Lipinski definition) is 3. The molecule has 1 aromatic carbocycles. The Morgan fingerprint density at radius 3 is 2.29 bits per heavy atom. The molecule has 0 unspecified atom stereocenters. The summed E-state index contributed by atoms with van der Waals surface area (Å²) in [7, 11) is 0. The smallest absolute Gasteiger partial charge is 0.274 e. The molecule has 108 valence electrons. The number of pyridine rings is 1. The van der Waals surface area contributed by atoms with Gasteiger partial charge in [-0.15, -0.1) is 0 Å². The maximum absolute atomic E-state index is 13.4. The van der Waals surface area contributed by atoms with Gasteiger partial charge in [-0.25, -0.2) is 13.2 Å². The standard InChI is InChI=1S/C13H8F3N3OS/c14-7-3-8(15)11(9(16)4-7)19-13(20)10-2-1-6(5-18-10)12(17)21/h1-5H,(H2,17,21)(H,19,20). The molecule has 0 aliphatic heterocycles. The number of anilines is 1. The van der Waals surface area contributed by atoms with Crippen molar-refractivity contribution in [3.8, 4) is 0 Å². The second-order valence-corrected chi connectivity index (χ2v) is 4.43. The van der Waals surface area contributed by atoms with Crippen molar-refractivity contribution in [3.63, 3.8) is 0 Å². The molecular formula is C13H8F3N3OS. The summed E-state index contributed by atoms with van der Waals surface area (Å²) >= 11 is 4.72. The summed E-state index contributed by atoms with van der Waals surface area (Å²) in [4.78, 5) is 15.7. The molecule has 3 N–H and O–H groups in total. The van der Waals surface area contributed by atoms with E-state index in [2.05, 4.69) is 4.98 Å². The highest BCUT2D eigenvalue weighted by atomic mass is 32.1. The molecular weight excluding hydrogens is 303 g/mol. The highest BCUT2D eigenvalue weighted by Crippen LogP contribution is 2.20. The molecule has 4 nitrogen and oxygen atoms in total. The first-order valence-electron chi connectivity index (χ1n) is 5.60. The zero-order valence-corrected chi connectivity index (χ0v) is 11.2. The fraction of sp³-hybridized carbons (Fsp3) is 0. The third-order valence-corrected chi connectivity index (χ3v) is 2.76. The Labute approximate surface area is 122 Å². The number of hydrogen-bond donors (Lipinski definition) is 2. The van der Waals surface area contributed by atoms with E-state index in [0.29, 0.717) is 17.7 Å². The van der Waals surface area contributed by atoms with Crippen molar-refractivity contribution in [2.24, 2.45) is 5.73 Å². The van der Waals surface area contributed by atoms with E-state index in [0.717, 1.165) is 0 Å². The van der Waals surface area contributed by atoms with Crippen molar-refractivity contribution < 1.29 is 18.0 Å². The minimum Gasteiger partial charge on any atom is -0.389 e. The molecule has 0 aliphatic rings. The van der Waals surface area contributed by atoms with Crippen LogP contribution in [0.5, 0.6) is 0 Å². The minimum absolute atomic E-state index is 0.0990. The maximum atomic E-state index is 13.4. The van der Waals surface area contributed by atoms with E-state index in [-0.39, 0.29) is 10.7 Å². The van der Waals surface area contributed by atoms with Gasteiger partial charge in [0.2, 0.25) is 0 Å². The van der Waals surface area contributed by atoms with Crippen LogP contribution in [-0.4, -0.2) is 15.9 Å². The van der Waals surface area contributed by atoms with Gasteiger partial charge in [0, 0.05) is 23.9 Å². The minimum atomic E-state index is -1.22. The van der Waals surface area contributed by atoms with Gasteiger partial charge in [0.1, 0.15) is 22.2 Å². The van der Waals surface area contributed by atoms with Crippen LogP contribution in [0.2, 0.25) is 0 Å². The summed E-state index contributed by atoms with van der Waals surface area (Å²) < 4.78 is 39.6. The van der Waals surface area contributed by atoms with E-state index in [9.17, 15) is 18.0 Å². The molecule has 1 amide bonds. The van der Waals surface area contributed by atoms with Crippen LogP contribution in [0.1, 0.15) is 16.1 Å². The molecule has 0 radical (unpaired) electrons. The number of carbonyl (C=O) groups is 1. The van der Waals surface area contributed by atoms with Crippen molar-refractivity contribution in [2.45, 2.75) is 0 Å². The summed E-state index contributed by atoms with van der Waals surface area (Å²) in [6.07, 6.45) is 1.26. The number of thiocarbonyl (C=S) groups is 1. The Kier molecular flexibility index (Phi) is 4.18. The number of aromatic nitrogens is 1. The number of halogens is 3. The molecule has 1 heterocycles. The lowest BCUT2D eigenvalue weighted by atomic mass is 10.2. The first-order valence-corrected chi connectivity index (χ1v) is 6.01. The summed E-state index contributed by atoms with van der Waals surface area (Å²) in [5, 5.41) is 1.99. The molecule has 0 bridgehead atoms. The fourth-order valence-electron chi connectivity index (χ4n) is 1.51. The quantitative estimate of drug-likeness (QED) is 0.854. The number of rotatable bonds is 3. The van der Waals surface area contributed by atoms with E-state index in [4.69, 9.17) is 18.0 Å². The van der Waals surface area contributed by atoms with Crippen molar-refractivity contribution in [1.82, 2.24) is 4.98 Å². The summed E-state index contributed by atoms with van der Waals surface area (Å²) in [6, 6.07) is 3.66. The van der Waals surface area contributed by atoms with Crippen LogP contribution < -0.4 is 11.1 Å². The Bertz CT molecular complexity index is 696. The number of amides is 1. The number of benzene rings is 1.